The number of hydrogen-bond donors (Lipinski definition) is 0. The molecule has 3 heteroatoms. The highest BCUT2D eigenvalue weighted by Gasteiger charge is 2.30. The van der Waals surface area contributed by atoms with Crippen molar-refractivity contribution in [3.8, 4) is 0 Å². The van der Waals surface area contributed by atoms with Crippen molar-refractivity contribution in [2.24, 2.45) is 5.92 Å². The summed E-state index contributed by atoms with van der Waals surface area (Å²) in [5, 5.41) is 0.125. The van der Waals surface area contributed by atoms with Gasteiger partial charge in [0.1, 0.15) is 0 Å². The first-order chi connectivity index (χ1) is 7.08. The zero-order valence-corrected chi connectivity index (χ0v) is 11.0. The van der Waals surface area contributed by atoms with Gasteiger partial charge in [-0.15, -0.1) is 22.9 Å². The molecule has 3 atom stereocenters. The Kier molecular flexibility index (Phi) is 3.39. The summed E-state index contributed by atoms with van der Waals surface area (Å²) < 4.78 is 5.57. The van der Waals surface area contributed by atoms with Gasteiger partial charge in [-0.25, -0.2) is 0 Å². The molecule has 3 unspecified atom stereocenters. The van der Waals surface area contributed by atoms with Crippen LogP contribution in [0.3, 0.4) is 0 Å². The van der Waals surface area contributed by atoms with Gasteiger partial charge in [0, 0.05) is 15.7 Å². The van der Waals surface area contributed by atoms with Crippen molar-refractivity contribution >= 4 is 22.9 Å². The molecule has 1 aromatic heterocycles. The number of halogens is 1. The normalized spacial score (nSPS) is 28.3. The molecule has 1 nitrogen and oxygen atoms in total. The van der Waals surface area contributed by atoms with Crippen LogP contribution in [-0.2, 0) is 4.74 Å². The summed E-state index contributed by atoms with van der Waals surface area (Å²) in [5.74, 6) is 0.481. The average molecular weight is 245 g/mol. The fraction of sp³-hybridized carbons (Fsp3) is 0.667. The Morgan fingerprint density at radius 3 is 2.73 bits per heavy atom. The van der Waals surface area contributed by atoms with Gasteiger partial charge in [-0.05, 0) is 38.8 Å². The van der Waals surface area contributed by atoms with Crippen LogP contribution >= 0.6 is 22.9 Å². The lowest BCUT2D eigenvalue weighted by Crippen LogP contribution is -2.08. The zero-order chi connectivity index (χ0) is 11.0. The van der Waals surface area contributed by atoms with Crippen molar-refractivity contribution in [2.75, 3.05) is 6.61 Å². The second-order valence-electron chi connectivity index (χ2n) is 4.41. The van der Waals surface area contributed by atoms with Gasteiger partial charge in [0.2, 0.25) is 0 Å². The van der Waals surface area contributed by atoms with Crippen LogP contribution in [-0.4, -0.2) is 12.7 Å². The molecular weight excluding hydrogens is 228 g/mol. The molecule has 84 valence electrons. The summed E-state index contributed by atoms with van der Waals surface area (Å²) in [5.41, 5.74) is 1.31. The largest absolute Gasteiger partial charge is 0.378 e. The van der Waals surface area contributed by atoms with Crippen molar-refractivity contribution < 1.29 is 4.74 Å². The molecule has 15 heavy (non-hydrogen) atoms. The van der Waals surface area contributed by atoms with Gasteiger partial charge in [0.05, 0.1) is 18.1 Å². The van der Waals surface area contributed by atoms with E-state index in [4.69, 9.17) is 16.3 Å². The van der Waals surface area contributed by atoms with Crippen LogP contribution in [0, 0.1) is 19.8 Å². The number of rotatable bonds is 2. The van der Waals surface area contributed by atoms with E-state index in [1.54, 1.807) is 0 Å². The van der Waals surface area contributed by atoms with E-state index >= 15 is 0 Å². The summed E-state index contributed by atoms with van der Waals surface area (Å²) in [6.07, 6.45) is 1.46. The van der Waals surface area contributed by atoms with E-state index in [9.17, 15) is 0 Å². The average Bonchev–Trinajstić information content (AvgIpc) is 2.71. The Labute approximate surface area is 100 Å². The first-order valence-electron chi connectivity index (χ1n) is 5.40. The Morgan fingerprint density at radius 1 is 1.53 bits per heavy atom. The molecule has 2 rings (SSSR count). The number of aryl methyl sites for hydroxylation is 2. The fourth-order valence-electron chi connectivity index (χ4n) is 2.23. The highest BCUT2D eigenvalue weighted by molar-refractivity contribution is 7.12. The quantitative estimate of drug-likeness (QED) is 0.713. The number of alkyl halides is 1. The molecule has 1 fully saturated rings. The van der Waals surface area contributed by atoms with E-state index in [2.05, 4.69) is 26.8 Å². The maximum absolute atomic E-state index is 6.52. The van der Waals surface area contributed by atoms with Crippen molar-refractivity contribution in [2.45, 2.75) is 38.7 Å². The summed E-state index contributed by atoms with van der Waals surface area (Å²) in [6.45, 7) is 7.22. The molecule has 0 amide bonds. The second kappa shape index (κ2) is 4.44. The van der Waals surface area contributed by atoms with Gasteiger partial charge in [-0.3, -0.25) is 0 Å². The van der Waals surface area contributed by atoms with Crippen molar-refractivity contribution in [3.05, 3.63) is 21.4 Å². The second-order valence-corrected chi connectivity index (χ2v) is 6.34. The first-order valence-corrected chi connectivity index (χ1v) is 6.66. The monoisotopic (exact) mass is 244 g/mol. The van der Waals surface area contributed by atoms with E-state index in [1.165, 1.54) is 15.3 Å². The molecule has 0 saturated carbocycles. The first kappa shape index (κ1) is 11.4. The summed E-state index contributed by atoms with van der Waals surface area (Å²) >= 11 is 8.35. The van der Waals surface area contributed by atoms with E-state index in [0.717, 1.165) is 13.0 Å². The van der Waals surface area contributed by atoms with Crippen LogP contribution in [0.1, 0.15) is 34.0 Å². The SMILES string of the molecule is Cc1cc(C(Cl)C2COC(C)C2)c(C)s1. The molecule has 0 aliphatic carbocycles. The minimum Gasteiger partial charge on any atom is -0.378 e. The Balaban J connectivity index is 2.13. The summed E-state index contributed by atoms with van der Waals surface area (Å²) in [7, 11) is 0. The van der Waals surface area contributed by atoms with Crippen LogP contribution in [0.2, 0.25) is 0 Å². The molecule has 1 aliphatic rings. The number of ether oxygens (including phenoxy) is 1. The molecule has 1 aromatic rings. The predicted octanol–water partition coefficient (Wildman–Crippen LogP) is 4.07. The van der Waals surface area contributed by atoms with Gasteiger partial charge in [0.15, 0.2) is 0 Å². The minimum absolute atomic E-state index is 0.125. The molecule has 0 N–H and O–H groups in total. The van der Waals surface area contributed by atoms with E-state index in [0.29, 0.717) is 12.0 Å². The highest BCUT2D eigenvalue weighted by Crippen LogP contribution is 2.40. The maximum Gasteiger partial charge on any atom is 0.0647 e. The number of hydrogen-bond acceptors (Lipinski definition) is 2. The van der Waals surface area contributed by atoms with Crippen molar-refractivity contribution in [1.29, 1.82) is 0 Å². The van der Waals surface area contributed by atoms with Crippen LogP contribution in [0.4, 0.5) is 0 Å². The van der Waals surface area contributed by atoms with Gasteiger partial charge >= 0.3 is 0 Å². The molecule has 1 aliphatic heterocycles. The summed E-state index contributed by atoms with van der Waals surface area (Å²) in [4.78, 5) is 2.70. The standard InChI is InChI=1S/C12H17ClOS/c1-7-4-10(6-14-7)12(13)11-5-8(2)15-9(11)3/h5,7,10,12H,4,6H2,1-3H3. The molecule has 1 saturated heterocycles. The zero-order valence-electron chi connectivity index (χ0n) is 9.42. The smallest absolute Gasteiger partial charge is 0.0647 e. The molecular formula is C12H17ClOS. The maximum atomic E-state index is 6.52. The van der Waals surface area contributed by atoms with Crippen LogP contribution in [0.25, 0.3) is 0 Å². The van der Waals surface area contributed by atoms with Crippen LogP contribution in [0.15, 0.2) is 6.07 Å². The third-order valence-electron chi connectivity index (χ3n) is 3.02. The minimum atomic E-state index is 0.125. The lowest BCUT2D eigenvalue weighted by atomic mass is 9.96. The van der Waals surface area contributed by atoms with Crippen molar-refractivity contribution in [3.63, 3.8) is 0 Å². The van der Waals surface area contributed by atoms with Gasteiger partial charge in [0.25, 0.3) is 0 Å². The molecule has 0 spiro atoms. The number of thiophene rings is 1. The van der Waals surface area contributed by atoms with Gasteiger partial charge in [-0.2, -0.15) is 0 Å². The molecule has 0 radical (unpaired) electrons. The Morgan fingerprint density at radius 2 is 2.27 bits per heavy atom. The topological polar surface area (TPSA) is 9.23 Å². The van der Waals surface area contributed by atoms with Crippen LogP contribution < -0.4 is 0 Å². The third kappa shape index (κ3) is 2.38. The van der Waals surface area contributed by atoms with E-state index in [1.807, 2.05) is 11.3 Å². The van der Waals surface area contributed by atoms with E-state index in [-0.39, 0.29) is 5.38 Å². The Hall–Kier alpha value is -0.0500. The lowest BCUT2D eigenvalue weighted by molar-refractivity contribution is 0.120. The summed E-state index contributed by atoms with van der Waals surface area (Å²) in [6, 6.07) is 2.22. The Bertz CT molecular complexity index is 347. The molecule has 0 bridgehead atoms. The van der Waals surface area contributed by atoms with Gasteiger partial charge in [-0.1, -0.05) is 0 Å². The van der Waals surface area contributed by atoms with Gasteiger partial charge < -0.3 is 4.74 Å². The fourth-order valence-corrected chi connectivity index (χ4v) is 3.67. The molecule has 2 heterocycles. The third-order valence-corrected chi connectivity index (χ3v) is 4.59. The van der Waals surface area contributed by atoms with Crippen molar-refractivity contribution in [1.82, 2.24) is 0 Å². The molecule has 0 aromatic carbocycles. The highest BCUT2D eigenvalue weighted by atomic mass is 35.5. The van der Waals surface area contributed by atoms with E-state index < -0.39 is 0 Å². The predicted molar refractivity (Wildman–Crippen MR) is 65.9 cm³/mol. The van der Waals surface area contributed by atoms with Crippen LogP contribution in [0.5, 0.6) is 0 Å². The lowest BCUT2D eigenvalue weighted by Gasteiger charge is -2.15.